The molecule has 0 aromatic heterocycles. The first-order chi connectivity index (χ1) is 11.7. The smallest absolute Gasteiger partial charge is 0.163 e. The van der Waals surface area contributed by atoms with Crippen LogP contribution in [0.25, 0.3) is 0 Å². The molecular formula is C20H26ClNO2. The predicted molar refractivity (Wildman–Crippen MR) is 100 cm³/mol. The van der Waals surface area contributed by atoms with Crippen molar-refractivity contribution in [1.82, 2.24) is 5.32 Å². The van der Waals surface area contributed by atoms with Gasteiger partial charge in [0.25, 0.3) is 0 Å². The molecule has 4 heteroatoms. The number of ether oxygens (including phenoxy) is 2. The molecule has 0 atom stereocenters. The maximum Gasteiger partial charge on any atom is 0.163 e. The summed E-state index contributed by atoms with van der Waals surface area (Å²) < 4.78 is 11.7. The molecule has 130 valence electrons. The van der Waals surface area contributed by atoms with E-state index in [0.717, 1.165) is 36.4 Å². The molecule has 2 rings (SSSR count). The third kappa shape index (κ3) is 5.73. The minimum Gasteiger partial charge on any atom is -0.490 e. The standard InChI is InChI=1S/C20H26ClNO2/c1-3-5-11-22-14-17-12-19(23-4-2)20(13-18(17)21)24-15-16-9-7-6-8-10-16/h6-10,12-13,22H,3-5,11,14-15H2,1-2H3. The van der Waals surface area contributed by atoms with E-state index in [1.807, 2.05) is 49.4 Å². The normalized spacial score (nSPS) is 10.6. The lowest BCUT2D eigenvalue weighted by molar-refractivity contribution is 0.269. The van der Waals surface area contributed by atoms with Gasteiger partial charge in [0.05, 0.1) is 6.61 Å². The van der Waals surface area contributed by atoms with Crippen molar-refractivity contribution in [3.8, 4) is 11.5 Å². The molecule has 2 aromatic carbocycles. The second-order valence-corrected chi connectivity index (χ2v) is 6.04. The second-order valence-electron chi connectivity index (χ2n) is 5.63. The molecule has 0 unspecified atom stereocenters. The van der Waals surface area contributed by atoms with Crippen molar-refractivity contribution in [2.24, 2.45) is 0 Å². The Labute approximate surface area is 149 Å². The first-order valence-electron chi connectivity index (χ1n) is 8.57. The van der Waals surface area contributed by atoms with Crippen LogP contribution in [0.3, 0.4) is 0 Å². The van der Waals surface area contributed by atoms with E-state index in [-0.39, 0.29) is 0 Å². The summed E-state index contributed by atoms with van der Waals surface area (Å²) in [6, 6.07) is 13.9. The Morgan fingerprint density at radius 3 is 2.46 bits per heavy atom. The summed E-state index contributed by atoms with van der Waals surface area (Å²) >= 11 is 6.42. The van der Waals surface area contributed by atoms with E-state index in [4.69, 9.17) is 21.1 Å². The summed E-state index contributed by atoms with van der Waals surface area (Å²) in [5, 5.41) is 4.11. The molecule has 1 N–H and O–H groups in total. The number of unbranched alkanes of at least 4 members (excludes halogenated alkanes) is 1. The third-order valence-corrected chi connectivity index (χ3v) is 4.02. The molecule has 0 spiro atoms. The zero-order chi connectivity index (χ0) is 17.2. The van der Waals surface area contributed by atoms with Gasteiger partial charge < -0.3 is 14.8 Å². The molecule has 0 bridgehead atoms. The Bertz CT molecular complexity index is 617. The minimum absolute atomic E-state index is 0.491. The van der Waals surface area contributed by atoms with Crippen molar-refractivity contribution in [1.29, 1.82) is 0 Å². The quantitative estimate of drug-likeness (QED) is 0.598. The fourth-order valence-corrected chi connectivity index (χ4v) is 2.57. The lowest BCUT2D eigenvalue weighted by Crippen LogP contribution is -2.15. The van der Waals surface area contributed by atoms with Crippen LogP contribution in [0, 0.1) is 0 Å². The van der Waals surface area contributed by atoms with E-state index < -0.39 is 0 Å². The highest BCUT2D eigenvalue weighted by Crippen LogP contribution is 2.34. The molecule has 0 saturated carbocycles. The number of hydrogen-bond donors (Lipinski definition) is 1. The predicted octanol–water partition coefficient (Wildman–Crippen LogP) is 5.21. The van der Waals surface area contributed by atoms with Gasteiger partial charge in [-0.05, 0) is 37.1 Å². The van der Waals surface area contributed by atoms with Crippen molar-refractivity contribution < 1.29 is 9.47 Å². The molecule has 2 aromatic rings. The highest BCUT2D eigenvalue weighted by molar-refractivity contribution is 6.31. The summed E-state index contributed by atoms with van der Waals surface area (Å²) in [5.41, 5.74) is 2.14. The van der Waals surface area contributed by atoms with Crippen molar-refractivity contribution >= 4 is 11.6 Å². The maximum atomic E-state index is 6.42. The molecule has 0 radical (unpaired) electrons. The van der Waals surface area contributed by atoms with Gasteiger partial charge in [0.2, 0.25) is 0 Å². The number of benzene rings is 2. The number of hydrogen-bond acceptors (Lipinski definition) is 3. The zero-order valence-electron chi connectivity index (χ0n) is 14.5. The summed E-state index contributed by atoms with van der Waals surface area (Å²) in [5.74, 6) is 1.42. The lowest BCUT2D eigenvalue weighted by Gasteiger charge is -2.15. The zero-order valence-corrected chi connectivity index (χ0v) is 15.2. The van der Waals surface area contributed by atoms with Gasteiger partial charge in [0, 0.05) is 17.6 Å². The van der Waals surface area contributed by atoms with E-state index in [9.17, 15) is 0 Å². The second kappa shape index (κ2) is 10.2. The molecule has 3 nitrogen and oxygen atoms in total. The summed E-state index contributed by atoms with van der Waals surface area (Å²) in [6.07, 6.45) is 2.34. The summed E-state index contributed by atoms with van der Waals surface area (Å²) in [6.45, 7) is 6.95. The van der Waals surface area contributed by atoms with Gasteiger partial charge in [0.1, 0.15) is 6.61 Å². The maximum absolute atomic E-state index is 6.42. The van der Waals surface area contributed by atoms with Gasteiger partial charge in [-0.25, -0.2) is 0 Å². The SMILES string of the molecule is CCCCNCc1cc(OCC)c(OCc2ccccc2)cc1Cl. The van der Waals surface area contributed by atoms with Crippen molar-refractivity contribution in [2.75, 3.05) is 13.2 Å². The molecule has 0 aliphatic heterocycles. The lowest BCUT2D eigenvalue weighted by atomic mass is 10.2. The van der Waals surface area contributed by atoms with E-state index in [2.05, 4.69) is 12.2 Å². The molecule has 0 aliphatic rings. The average molecular weight is 348 g/mol. The number of halogens is 1. The number of rotatable bonds is 10. The molecular weight excluding hydrogens is 322 g/mol. The van der Waals surface area contributed by atoms with E-state index in [1.165, 1.54) is 6.42 Å². The van der Waals surface area contributed by atoms with E-state index in [1.54, 1.807) is 0 Å². The Kier molecular flexibility index (Phi) is 7.93. The molecule has 0 amide bonds. The Balaban J connectivity index is 2.07. The van der Waals surface area contributed by atoms with Crippen LogP contribution in [0.5, 0.6) is 11.5 Å². The fraction of sp³-hybridized carbons (Fsp3) is 0.400. The van der Waals surface area contributed by atoms with Gasteiger partial charge in [0.15, 0.2) is 11.5 Å². The van der Waals surface area contributed by atoms with Crippen LogP contribution in [0.1, 0.15) is 37.8 Å². The molecule has 0 aliphatic carbocycles. The molecule has 0 heterocycles. The summed E-state index contributed by atoms with van der Waals surface area (Å²) in [4.78, 5) is 0. The van der Waals surface area contributed by atoms with Crippen LogP contribution in [-0.4, -0.2) is 13.2 Å². The van der Waals surface area contributed by atoms with Gasteiger partial charge in [-0.3, -0.25) is 0 Å². The van der Waals surface area contributed by atoms with Gasteiger partial charge in [-0.2, -0.15) is 0 Å². The van der Waals surface area contributed by atoms with Crippen LogP contribution in [0.2, 0.25) is 5.02 Å². The average Bonchev–Trinajstić information content (AvgIpc) is 2.60. The number of nitrogens with one attached hydrogen (secondary N) is 1. The minimum atomic E-state index is 0.491. The van der Waals surface area contributed by atoms with E-state index >= 15 is 0 Å². The first kappa shape index (κ1) is 18.6. The molecule has 0 fully saturated rings. The Hall–Kier alpha value is -1.71. The topological polar surface area (TPSA) is 30.5 Å². The van der Waals surface area contributed by atoms with Crippen LogP contribution in [-0.2, 0) is 13.2 Å². The Morgan fingerprint density at radius 1 is 1.00 bits per heavy atom. The van der Waals surface area contributed by atoms with Crippen LogP contribution in [0.15, 0.2) is 42.5 Å². The molecule has 0 saturated heterocycles. The summed E-state index contributed by atoms with van der Waals surface area (Å²) in [7, 11) is 0. The monoisotopic (exact) mass is 347 g/mol. The highest BCUT2D eigenvalue weighted by Gasteiger charge is 2.11. The first-order valence-corrected chi connectivity index (χ1v) is 8.95. The van der Waals surface area contributed by atoms with Crippen LogP contribution < -0.4 is 14.8 Å². The highest BCUT2D eigenvalue weighted by atomic mass is 35.5. The van der Waals surface area contributed by atoms with Crippen LogP contribution >= 0.6 is 11.6 Å². The van der Waals surface area contributed by atoms with Crippen LogP contribution in [0.4, 0.5) is 0 Å². The van der Waals surface area contributed by atoms with Crippen molar-refractivity contribution in [3.63, 3.8) is 0 Å². The largest absolute Gasteiger partial charge is 0.490 e. The Morgan fingerprint density at radius 2 is 1.75 bits per heavy atom. The van der Waals surface area contributed by atoms with E-state index in [0.29, 0.717) is 24.0 Å². The third-order valence-electron chi connectivity index (χ3n) is 3.67. The van der Waals surface area contributed by atoms with Gasteiger partial charge in [-0.1, -0.05) is 55.3 Å². The fourth-order valence-electron chi connectivity index (χ4n) is 2.35. The van der Waals surface area contributed by atoms with Gasteiger partial charge in [-0.15, -0.1) is 0 Å². The van der Waals surface area contributed by atoms with Crippen molar-refractivity contribution in [2.45, 2.75) is 39.8 Å². The van der Waals surface area contributed by atoms with Gasteiger partial charge >= 0.3 is 0 Å². The van der Waals surface area contributed by atoms with Crippen molar-refractivity contribution in [3.05, 3.63) is 58.6 Å². The molecule has 24 heavy (non-hydrogen) atoms.